The summed E-state index contributed by atoms with van der Waals surface area (Å²) in [6, 6.07) is 11.1. The predicted molar refractivity (Wildman–Crippen MR) is 73.2 cm³/mol. The van der Waals surface area contributed by atoms with Gasteiger partial charge in [-0.15, -0.1) is 0 Å². The Labute approximate surface area is 108 Å². The van der Waals surface area contributed by atoms with E-state index in [1.54, 1.807) is 0 Å². The second-order valence-electron chi connectivity index (χ2n) is 5.46. The zero-order chi connectivity index (χ0) is 12.4. The quantitative estimate of drug-likeness (QED) is 0.742. The van der Waals surface area contributed by atoms with Crippen molar-refractivity contribution in [1.29, 1.82) is 0 Å². The predicted octanol–water partition coefficient (Wildman–Crippen LogP) is 2.75. The summed E-state index contributed by atoms with van der Waals surface area (Å²) in [5.41, 5.74) is 2.80. The molecule has 2 atom stereocenters. The van der Waals surface area contributed by atoms with Crippen LogP contribution in [0.2, 0.25) is 0 Å². The highest BCUT2D eigenvalue weighted by Crippen LogP contribution is 2.33. The molecule has 0 saturated carbocycles. The van der Waals surface area contributed by atoms with Gasteiger partial charge in [0.1, 0.15) is 6.29 Å². The lowest BCUT2D eigenvalue weighted by Gasteiger charge is -2.31. The second-order valence-corrected chi connectivity index (χ2v) is 5.46. The zero-order valence-corrected chi connectivity index (χ0v) is 10.6. The fraction of sp³-hybridized carbons (Fsp3) is 0.438. The van der Waals surface area contributed by atoms with Crippen LogP contribution in [0, 0.1) is 5.92 Å². The van der Waals surface area contributed by atoms with Gasteiger partial charge in [-0.05, 0) is 31.4 Å². The van der Waals surface area contributed by atoms with Gasteiger partial charge in [-0.2, -0.15) is 0 Å². The van der Waals surface area contributed by atoms with Crippen molar-refractivity contribution in [2.75, 3.05) is 13.1 Å². The molecule has 0 aromatic heterocycles. The van der Waals surface area contributed by atoms with Gasteiger partial charge >= 0.3 is 0 Å². The molecular formula is C16H19NO. The van der Waals surface area contributed by atoms with Crippen molar-refractivity contribution in [3.63, 3.8) is 0 Å². The summed E-state index contributed by atoms with van der Waals surface area (Å²) in [4.78, 5) is 13.4. The summed E-state index contributed by atoms with van der Waals surface area (Å²) in [5, 5.41) is 0. The van der Waals surface area contributed by atoms with Crippen molar-refractivity contribution >= 4 is 12.4 Å². The van der Waals surface area contributed by atoms with Gasteiger partial charge in [0.2, 0.25) is 0 Å². The molecule has 2 saturated heterocycles. The first-order valence-electron chi connectivity index (χ1n) is 6.79. The maximum atomic E-state index is 10.9. The number of benzene rings is 1. The highest BCUT2D eigenvalue weighted by atomic mass is 16.1. The molecule has 2 nitrogen and oxygen atoms in total. The molecule has 1 aromatic carbocycles. The fourth-order valence-corrected chi connectivity index (χ4v) is 3.19. The van der Waals surface area contributed by atoms with Crippen LogP contribution in [0.3, 0.4) is 0 Å². The molecule has 1 aromatic rings. The number of carbonyl (C=O) groups is 1. The van der Waals surface area contributed by atoms with Gasteiger partial charge in [0.15, 0.2) is 0 Å². The molecule has 3 rings (SSSR count). The molecule has 2 aliphatic rings. The molecule has 2 unspecified atom stereocenters. The molecule has 0 aliphatic carbocycles. The Kier molecular flexibility index (Phi) is 3.28. The highest BCUT2D eigenvalue weighted by molar-refractivity contribution is 5.55. The average molecular weight is 241 g/mol. The van der Waals surface area contributed by atoms with E-state index in [9.17, 15) is 4.79 Å². The van der Waals surface area contributed by atoms with Crippen LogP contribution in [0.15, 0.2) is 35.9 Å². The Bertz CT molecular complexity index is 451. The van der Waals surface area contributed by atoms with Crippen molar-refractivity contribution in [3.8, 4) is 0 Å². The fourth-order valence-electron chi connectivity index (χ4n) is 3.19. The van der Waals surface area contributed by atoms with Gasteiger partial charge < -0.3 is 4.79 Å². The van der Waals surface area contributed by atoms with Crippen LogP contribution in [0.1, 0.15) is 24.8 Å². The minimum Gasteiger partial charge on any atom is -0.303 e. The van der Waals surface area contributed by atoms with E-state index in [-0.39, 0.29) is 0 Å². The number of nitrogens with zero attached hydrogens (tertiary/aromatic N) is 1. The Balaban J connectivity index is 1.71. The third-order valence-corrected chi connectivity index (χ3v) is 4.15. The van der Waals surface area contributed by atoms with Crippen LogP contribution in [0.5, 0.6) is 0 Å². The molecule has 0 bridgehead atoms. The lowest BCUT2D eigenvalue weighted by molar-refractivity contribution is -0.112. The zero-order valence-electron chi connectivity index (χ0n) is 10.6. The third-order valence-electron chi connectivity index (χ3n) is 4.15. The lowest BCUT2D eigenvalue weighted by atomic mass is 9.92. The summed E-state index contributed by atoms with van der Waals surface area (Å²) >= 11 is 0. The van der Waals surface area contributed by atoms with Gasteiger partial charge in [0.25, 0.3) is 0 Å². The first-order valence-corrected chi connectivity index (χ1v) is 6.79. The minimum absolute atomic E-state index is 0.294. The monoisotopic (exact) mass is 241 g/mol. The van der Waals surface area contributed by atoms with E-state index in [4.69, 9.17) is 0 Å². The minimum atomic E-state index is 0.294. The first-order chi connectivity index (χ1) is 8.85. The lowest BCUT2D eigenvalue weighted by Crippen LogP contribution is -2.38. The molecule has 2 heteroatoms. The number of fused-ring (bicyclic) bond motifs is 1. The molecular weight excluding hydrogens is 222 g/mol. The average Bonchev–Trinajstić information content (AvgIpc) is 2.80. The Morgan fingerprint density at radius 1 is 1.22 bits per heavy atom. The topological polar surface area (TPSA) is 20.3 Å². The summed E-state index contributed by atoms with van der Waals surface area (Å²) in [7, 11) is 0. The van der Waals surface area contributed by atoms with E-state index in [1.807, 2.05) is 0 Å². The number of rotatable bonds is 2. The van der Waals surface area contributed by atoms with Crippen LogP contribution < -0.4 is 0 Å². The molecule has 94 valence electrons. The van der Waals surface area contributed by atoms with Crippen LogP contribution in [0.4, 0.5) is 0 Å². The maximum absolute atomic E-state index is 10.9. The van der Waals surface area contributed by atoms with Crippen molar-refractivity contribution in [2.24, 2.45) is 5.92 Å². The number of hydrogen-bond acceptors (Lipinski definition) is 2. The molecule has 18 heavy (non-hydrogen) atoms. The van der Waals surface area contributed by atoms with Gasteiger partial charge in [-0.25, -0.2) is 0 Å². The van der Waals surface area contributed by atoms with Gasteiger partial charge in [0, 0.05) is 18.5 Å². The normalized spacial score (nSPS) is 30.3. The van der Waals surface area contributed by atoms with E-state index in [0.717, 1.165) is 38.6 Å². The molecule has 0 N–H and O–H groups in total. The highest BCUT2D eigenvalue weighted by Gasteiger charge is 2.33. The number of hydrogen-bond donors (Lipinski definition) is 0. The van der Waals surface area contributed by atoms with E-state index in [0.29, 0.717) is 12.0 Å². The summed E-state index contributed by atoms with van der Waals surface area (Å²) in [5.74, 6) is 0.294. The summed E-state index contributed by atoms with van der Waals surface area (Å²) in [6.07, 6.45) is 6.69. The standard InChI is InChI=1S/C16H19NO/c18-12-14-6-7-17-11-15(10-16(17)9-14)8-13-4-2-1-3-5-13/h1-5,8,12,14,16H,6-7,9-11H2. The number of aldehydes is 1. The van der Waals surface area contributed by atoms with E-state index < -0.39 is 0 Å². The van der Waals surface area contributed by atoms with E-state index in [1.165, 1.54) is 11.1 Å². The van der Waals surface area contributed by atoms with Gasteiger partial charge in [-0.3, -0.25) is 4.90 Å². The molecule has 0 radical (unpaired) electrons. The smallest absolute Gasteiger partial charge is 0.123 e. The Hall–Kier alpha value is -1.41. The molecule has 2 aliphatic heterocycles. The third kappa shape index (κ3) is 2.39. The van der Waals surface area contributed by atoms with E-state index in [2.05, 4.69) is 41.3 Å². The second kappa shape index (κ2) is 5.07. The summed E-state index contributed by atoms with van der Waals surface area (Å²) in [6.45, 7) is 2.17. The van der Waals surface area contributed by atoms with Gasteiger partial charge in [-0.1, -0.05) is 42.0 Å². The largest absolute Gasteiger partial charge is 0.303 e. The van der Waals surface area contributed by atoms with Crippen LogP contribution >= 0.6 is 0 Å². The van der Waals surface area contributed by atoms with Crippen molar-refractivity contribution in [2.45, 2.75) is 25.3 Å². The van der Waals surface area contributed by atoms with Gasteiger partial charge in [0.05, 0.1) is 0 Å². The van der Waals surface area contributed by atoms with E-state index >= 15 is 0 Å². The van der Waals surface area contributed by atoms with Crippen LogP contribution in [-0.2, 0) is 4.79 Å². The maximum Gasteiger partial charge on any atom is 0.123 e. The van der Waals surface area contributed by atoms with Crippen molar-refractivity contribution in [3.05, 3.63) is 41.5 Å². The summed E-state index contributed by atoms with van der Waals surface area (Å²) < 4.78 is 0. The first kappa shape index (κ1) is 11.7. The van der Waals surface area contributed by atoms with Crippen molar-refractivity contribution < 1.29 is 4.79 Å². The number of piperidine rings is 1. The molecule has 0 amide bonds. The number of carbonyl (C=O) groups excluding carboxylic acids is 1. The molecule has 2 fully saturated rings. The van der Waals surface area contributed by atoms with Crippen molar-refractivity contribution in [1.82, 2.24) is 4.90 Å². The van der Waals surface area contributed by atoms with Crippen LogP contribution in [-0.4, -0.2) is 30.3 Å². The Morgan fingerprint density at radius 2 is 2.06 bits per heavy atom. The Morgan fingerprint density at radius 3 is 2.83 bits per heavy atom. The SMILES string of the molecule is O=CC1CCN2CC(=Cc3ccccc3)CC2C1. The molecule has 2 heterocycles. The van der Waals surface area contributed by atoms with Crippen LogP contribution in [0.25, 0.3) is 6.08 Å². The molecule has 0 spiro atoms.